The van der Waals surface area contributed by atoms with Gasteiger partial charge in [0.15, 0.2) is 11.5 Å². The maximum atomic E-state index is 11.3. The fourth-order valence-corrected chi connectivity index (χ4v) is 2.23. The first-order chi connectivity index (χ1) is 9.09. The highest BCUT2D eigenvalue weighted by atomic mass is 16.6. The summed E-state index contributed by atoms with van der Waals surface area (Å²) in [5, 5.41) is 0. The molecular weight excluding hydrogens is 244 g/mol. The molecule has 1 atom stereocenters. The van der Waals surface area contributed by atoms with Crippen LogP contribution in [0.3, 0.4) is 0 Å². The molecule has 0 aliphatic carbocycles. The van der Waals surface area contributed by atoms with Crippen molar-refractivity contribution in [3.05, 3.63) is 23.8 Å². The highest BCUT2D eigenvalue weighted by Gasteiger charge is 2.37. The van der Waals surface area contributed by atoms with E-state index in [9.17, 15) is 4.79 Å². The third kappa shape index (κ3) is 2.83. The van der Waals surface area contributed by atoms with Gasteiger partial charge in [-0.05, 0) is 31.0 Å². The average molecular weight is 264 g/mol. The van der Waals surface area contributed by atoms with E-state index in [2.05, 4.69) is 6.92 Å². The number of benzene rings is 1. The van der Waals surface area contributed by atoms with Gasteiger partial charge in [0.25, 0.3) is 0 Å². The number of hydrogen-bond acceptors (Lipinski definition) is 4. The lowest BCUT2D eigenvalue weighted by molar-refractivity contribution is -0.147. The van der Waals surface area contributed by atoms with E-state index in [0.717, 1.165) is 12.0 Å². The molecule has 4 nitrogen and oxygen atoms in total. The van der Waals surface area contributed by atoms with Gasteiger partial charge in [-0.3, -0.25) is 4.79 Å². The van der Waals surface area contributed by atoms with Crippen LogP contribution >= 0.6 is 0 Å². The Labute approximate surface area is 113 Å². The molecule has 0 N–H and O–H groups in total. The molecule has 0 aromatic heterocycles. The van der Waals surface area contributed by atoms with Crippen LogP contribution in [0.2, 0.25) is 0 Å². The predicted molar refractivity (Wildman–Crippen MR) is 71.5 cm³/mol. The van der Waals surface area contributed by atoms with Gasteiger partial charge in [-0.2, -0.15) is 0 Å². The molecule has 4 heteroatoms. The number of ether oxygens (including phenoxy) is 3. The molecule has 1 aliphatic heterocycles. The number of rotatable bonds is 5. The second-order valence-corrected chi connectivity index (χ2v) is 4.92. The minimum absolute atomic E-state index is 0.144. The van der Waals surface area contributed by atoms with Crippen molar-refractivity contribution in [3.8, 4) is 11.5 Å². The molecule has 1 fully saturated rings. The van der Waals surface area contributed by atoms with Crippen LogP contribution in [-0.4, -0.2) is 19.7 Å². The molecule has 19 heavy (non-hydrogen) atoms. The van der Waals surface area contributed by atoms with Crippen molar-refractivity contribution in [3.63, 3.8) is 0 Å². The van der Waals surface area contributed by atoms with Gasteiger partial charge in [-0.25, -0.2) is 0 Å². The first-order valence-electron chi connectivity index (χ1n) is 6.62. The van der Waals surface area contributed by atoms with Crippen LogP contribution in [0.25, 0.3) is 0 Å². The Morgan fingerprint density at radius 3 is 2.74 bits per heavy atom. The molecule has 1 aromatic carbocycles. The monoisotopic (exact) mass is 264 g/mol. The molecule has 1 saturated heterocycles. The Balaban J connectivity index is 2.29. The van der Waals surface area contributed by atoms with Crippen LogP contribution in [0.5, 0.6) is 11.5 Å². The van der Waals surface area contributed by atoms with E-state index >= 15 is 0 Å². The van der Waals surface area contributed by atoms with E-state index < -0.39 is 5.60 Å². The summed E-state index contributed by atoms with van der Waals surface area (Å²) in [4.78, 5) is 11.3. The minimum atomic E-state index is -0.548. The molecule has 1 aromatic rings. The van der Waals surface area contributed by atoms with Crippen LogP contribution in [0.1, 0.15) is 38.7 Å². The molecule has 0 amide bonds. The van der Waals surface area contributed by atoms with Crippen LogP contribution < -0.4 is 9.47 Å². The van der Waals surface area contributed by atoms with Crippen LogP contribution in [0.15, 0.2) is 18.2 Å². The molecule has 0 radical (unpaired) electrons. The Morgan fingerprint density at radius 2 is 2.16 bits per heavy atom. The summed E-state index contributed by atoms with van der Waals surface area (Å²) in [5.41, 5.74) is 0.401. The predicted octanol–water partition coefficient (Wildman–Crippen LogP) is 3.04. The van der Waals surface area contributed by atoms with Gasteiger partial charge in [0.05, 0.1) is 13.7 Å². The fourth-order valence-electron chi connectivity index (χ4n) is 2.23. The van der Waals surface area contributed by atoms with E-state index in [1.807, 2.05) is 25.1 Å². The lowest BCUT2D eigenvalue weighted by atomic mass is 9.92. The third-order valence-corrected chi connectivity index (χ3v) is 3.38. The number of cyclic esters (lactones) is 1. The van der Waals surface area contributed by atoms with E-state index in [4.69, 9.17) is 14.2 Å². The quantitative estimate of drug-likeness (QED) is 0.767. The number of methoxy groups -OCH3 is 1. The standard InChI is InChI=1S/C15H20O4/c1-4-9-18-13-10-11(5-6-12(13)17-3)15(2)8-7-14(16)19-15/h5-6,10H,4,7-9H2,1-3H3/t15-/m0/s1. The highest BCUT2D eigenvalue weighted by molar-refractivity contribution is 5.72. The van der Waals surface area contributed by atoms with Crippen LogP contribution in [0, 0.1) is 0 Å². The molecule has 0 bridgehead atoms. The smallest absolute Gasteiger partial charge is 0.306 e. The molecule has 0 spiro atoms. The second-order valence-electron chi connectivity index (χ2n) is 4.92. The second kappa shape index (κ2) is 5.51. The third-order valence-electron chi connectivity index (χ3n) is 3.38. The summed E-state index contributed by atoms with van der Waals surface area (Å²) in [6.45, 7) is 4.62. The number of esters is 1. The van der Waals surface area contributed by atoms with Gasteiger partial charge in [0.1, 0.15) is 5.60 Å². The SMILES string of the molecule is CCCOc1cc([C@]2(C)CCC(=O)O2)ccc1OC. The van der Waals surface area contributed by atoms with Gasteiger partial charge >= 0.3 is 5.97 Å². The lowest BCUT2D eigenvalue weighted by Crippen LogP contribution is -2.21. The maximum Gasteiger partial charge on any atom is 0.306 e. The van der Waals surface area contributed by atoms with Gasteiger partial charge in [-0.1, -0.05) is 13.0 Å². The van der Waals surface area contributed by atoms with Crippen molar-refractivity contribution in [1.29, 1.82) is 0 Å². The zero-order valence-electron chi connectivity index (χ0n) is 11.7. The summed E-state index contributed by atoms with van der Waals surface area (Å²) in [7, 11) is 1.62. The van der Waals surface area contributed by atoms with Crippen molar-refractivity contribution in [2.24, 2.45) is 0 Å². The van der Waals surface area contributed by atoms with E-state index in [1.165, 1.54) is 0 Å². The summed E-state index contributed by atoms with van der Waals surface area (Å²) in [6, 6.07) is 5.70. The summed E-state index contributed by atoms with van der Waals surface area (Å²) in [5.74, 6) is 1.26. The molecule has 0 saturated carbocycles. The van der Waals surface area contributed by atoms with E-state index in [0.29, 0.717) is 30.9 Å². The minimum Gasteiger partial charge on any atom is -0.493 e. The molecule has 104 valence electrons. The van der Waals surface area contributed by atoms with Crippen molar-refractivity contribution in [2.75, 3.05) is 13.7 Å². The van der Waals surface area contributed by atoms with Gasteiger partial charge < -0.3 is 14.2 Å². The van der Waals surface area contributed by atoms with Crippen molar-refractivity contribution in [1.82, 2.24) is 0 Å². The lowest BCUT2D eigenvalue weighted by Gasteiger charge is -2.24. The Hall–Kier alpha value is -1.71. The maximum absolute atomic E-state index is 11.3. The van der Waals surface area contributed by atoms with Crippen LogP contribution in [-0.2, 0) is 15.1 Å². The number of hydrogen-bond donors (Lipinski definition) is 0. The summed E-state index contributed by atoms with van der Waals surface area (Å²) in [6.07, 6.45) is 2.10. The summed E-state index contributed by atoms with van der Waals surface area (Å²) < 4.78 is 16.4. The average Bonchev–Trinajstić information content (AvgIpc) is 2.77. The van der Waals surface area contributed by atoms with Gasteiger partial charge in [0.2, 0.25) is 0 Å². The first-order valence-corrected chi connectivity index (χ1v) is 6.62. The summed E-state index contributed by atoms with van der Waals surface area (Å²) >= 11 is 0. The highest BCUT2D eigenvalue weighted by Crippen LogP contribution is 2.40. The molecule has 1 heterocycles. The number of carbonyl (C=O) groups excluding carboxylic acids is 1. The van der Waals surface area contributed by atoms with E-state index in [1.54, 1.807) is 7.11 Å². The van der Waals surface area contributed by atoms with Gasteiger partial charge in [-0.15, -0.1) is 0 Å². The van der Waals surface area contributed by atoms with Gasteiger partial charge in [0, 0.05) is 12.8 Å². The molecule has 0 unspecified atom stereocenters. The number of carbonyl (C=O) groups is 1. The van der Waals surface area contributed by atoms with E-state index in [-0.39, 0.29) is 5.97 Å². The Kier molecular flexibility index (Phi) is 3.98. The normalized spacial score (nSPS) is 22.2. The zero-order chi connectivity index (χ0) is 13.9. The van der Waals surface area contributed by atoms with Crippen molar-refractivity contribution < 1.29 is 19.0 Å². The molecular formula is C15H20O4. The van der Waals surface area contributed by atoms with Crippen molar-refractivity contribution in [2.45, 2.75) is 38.7 Å². The Morgan fingerprint density at radius 1 is 1.37 bits per heavy atom. The van der Waals surface area contributed by atoms with Crippen LogP contribution in [0.4, 0.5) is 0 Å². The molecule has 2 rings (SSSR count). The first kappa shape index (κ1) is 13.7. The Bertz CT molecular complexity index is 469. The van der Waals surface area contributed by atoms with Crippen molar-refractivity contribution >= 4 is 5.97 Å². The zero-order valence-corrected chi connectivity index (χ0v) is 11.7. The molecule has 1 aliphatic rings. The topological polar surface area (TPSA) is 44.8 Å². The fraction of sp³-hybridized carbons (Fsp3) is 0.533. The largest absolute Gasteiger partial charge is 0.493 e.